The molecule has 2 atom stereocenters. The SMILES string of the molecule is CC(C)COCCC(=O)NCc1ccccc1CN1CC(C)CC(C)C1. The van der Waals surface area contributed by atoms with E-state index < -0.39 is 0 Å². The van der Waals surface area contributed by atoms with Crippen LogP contribution in [0.25, 0.3) is 0 Å². The number of piperidine rings is 1. The molecular weight excluding hydrogens is 324 g/mol. The van der Waals surface area contributed by atoms with Gasteiger partial charge in [-0.3, -0.25) is 9.69 Å². The molecule has 0 radical (unpaired) electrons. The summed E-state index contributed by atoms with van der Waals surface area (Å²) in [5.74, 6) is 2.09. The van der Waals surface area contributed by atoms with Gasteiger partial charge in [-0.25, -0.2) is 0 Å². The van der Waals surface area contributed by atoms with Crippen LogP contribution in [0.3, 0.4) is 0 Å². The van der Waals surface area contributed by atoms with E-state index in [1.807, 2.05) is 0 Å². The fraction of sp³-hybridized carbons (Fsp3) is 0.682. The quantitative estimate of drug-likeness (QED) is 0.680. The van der Waals surface area contributed by atoms with Crippen molar-refractivity contribution in [2.45, 2.75) is 53.6 Å². The lowest BCUT2D eigenvalue weighted by molar-refractivity contribution is -0.122. The normalized spacial score (nSPS) is 21.1. The third kappa shape index (κ3) is 7.46. The number of rotatable bonds is 9. The highest BCUT2D eigenvalue weighted by Crippen LogP contribution is 2.23. The molecule has 1 N–H and O–H groups in total. The average molecular weight is 361 g/mol. The van der Waals surface area contributed by atoms with Crippen LogP contribution in [0.2, 0.25) is 0 Å². The van der Waals surface area contributed by atoms with Gasteiger partial charge in [-0.1, -0.05) is 52.0 Å². The molecule has 1 aromatic rings. The van der Waals surface area contributed by atoms with Crippen molar-refractivity contribution in [1.82, 2.24) is 10.2 Å². The van der Waals surface area contributed by atoms with E-state index in [1.165, 1.54) is 17.5 Å². The van der Waals surface area contributed by atoms with Gasteiger partial charge in [0.05, 0.1) is 6.61 Å². The summed E-state index contributed by atoms with van der Waals surface area (Å²) in [5.41, 5.74) is 2.54. The number of carbonyl (C=O) groups is 1. The van der Waals surface area contributed by atoms with Crippen LogP contribution in [0.4, 0.5) is 0 Å². The van der Waals surface area contributed by atoms with Crippen LogP contribution in [0, 0.1) is 17.8 Å². The second-order valence-corrected chi connectivity index (χ2v) is 8.40. The van der Waals surface area contributed by atoms with Crippen LogP contribution >= 0.6 is 0 Å². The van der Waals surface area contributed by atoms with Gasteiger partial charge in [-0.15, -0.1) is 0 Å². The van der Waals surface area contributed by atoms with Gasteiger partial charge in [0.15, 0.2) is 0 Å². The Kier molecular flexibility index (Phi) is 8.60. The molecular formula is C22H36N2O2. The van der Waals surface area contributed by atoms with E-state index in [2.05, 4.69) is 62.2 Å². The molecule has 1 aromatic carbocycles. The van der Waals surface area contributed by atoms with E-state index in [0.29, 0.717) is 32.1 Å². The van der Waals surface area contributed by atoms with Crippen LogP contribution in [0.5, 0.6) is 0 Å². The van der Waals surface area contributed by atoms with Gasteiger partial charge in [0.25, 0.3) is 0 Å². The number of hydrogen-bond donors (Lipinski definition) is 1. The molecule has 1 saturated heterocycles. The van der Waals surface area contributed by atoms with Crippen LogP contribution < -0.4 is 5.32 Å². The molecule has 0 aromatic heterocycles. The summed E-state index contributed by atoms with van der Waals surface area (Å²) in [7, 11) is 0. The van der Waals surface area contributed by atoms with E-state index in [9.17, 15) is 4.79 Å². The van der Waals surface area contributed by atoms with Crippen molar-refractivity contribution in [3.8, 4) is 0 Å². The van der Waals surface area contributed by atoms with Crippen molar-refractivity contribution in [2.24, 2.45) is 17.8 Å². The van der Waals surface area contributed by atoms with E-state index in [1.54, 1.807) is 0 Å². The maximum absolute atomic E-state index is 12.0. The molecule has 146 valence electrons. The number of benzene rings is 1. The lowest BCUT2D eigenvalue weighted by Gasteiger charge is -2.35. The van der Waals surface area contributed by atoms with Crippen LogP contribution in [-0.2, 0) is 22.6 Å². The summed E-state index contributed by atoms with van der Waals surface area (Å²) in [6.07, 6.45) is 1.75. The highest BCUT2D eigenvalue weighted by Gasteiger charge is 2.22. The highest BCUT2D eigenvalue weighted by atomic mass is 16.5. The Hall–Kier alpha value is -1.39. The van der Waals surface area contributed by atoms with Gasteiger partial charge in [0.2, 0.25) is 5.91 Å². The minimum atomic E-state index is 0.0591. The van der Waals surface area contributed by atoms with Crippen LogP contribution in [0.15, 0.2) is 24.3 Å². The fourth-order valence-electron chi connectivity index (χ4n) is 3.81. The molecule has 0 aliphatic carbocycles. The molecule has 1 aliphatic heterocycles. The van der Waals surface area contributed by atoms with Crippen LogP contribution in [-0.4, -0.2) is 37.1 Å². The molecule has 2 unspecified atom stereocenters. The minimum Gasteiger partial charge on any atom is -0.381 e. The van der Waals surface area contributed by atoms with Crippen molar-refractivity contribution in [2.75, 3.05) is 26.3 Å². The molecule has 0 spiro atoms. The predicted octanol–water partition coefficient (Wildman–Crippen LogP) is 3.84. The molecule has 1 amide bonds. The zero-order valence-corrected chi connectivity index (χ0v) is 17.0. The molecule has 4 heteroatoms. The summed E-state index contributed by atoms with van der Waals surface area (Å²) in [4.78, 5) is 14.6. The van der Waals surface area contributed by atoms with Gasteiger partial charge in [-0.05, 0) is 35.3 Å². The number of hydrogen-bond acceptors (Lipinski definition) is 3. The molecule has 26 heavy (non-hydrogen) atoms. The van der Waals surface area contributed by atoms with Gasteiger partial charge >= 0.3 is 0 Å². The van der Waals surface area contributed by atoms with Crippen molar-refractivity contribution in [1.29, 1.82) is 0 Å². The van der Waals surface area contributed by atoms with Crippen LogP contribution in [0.1, 0.15) is 51.7 Å². The molecule has 2 rings (SSSR count). The first-order valence-corrected chi connectivity index (χ1v) is 10.1. The Morgan fingerprint density at radius 3 is 2.50 bits per heavy atom. The molecule has 0 saturated carbocycles. The molecule has 0 bridgehead atoms. The maximum atomic E-state index is 12.0. The topological polar surface area (TPSA) is 41.6 Å². The first kappa shape index (κ1) is 20.9. The Balaban J connectivity index is 1.81. The van der Waals surface area contributed by atoms with Gasteiger partial charge in [0, 0.05) is 39.2 Å². The fourth-order valence-corrected chi connectivity index (χ4v) is 3.81. The van der Waals surface area contributed by atoms with Gasteiger partial charge in [-0.2, -0.15) is 0 Å². The zero-order chi connectivity index (χ0) is 18.9. The number of ether oxygens (including phenoxy) is 1. The summed E-state index contributed by atoms with van der Waals surface area (Å²) in [5, 5.41) is 3.04. The number of amides is 1. The Labute approximate surface area is 159 Å². The third-order valence-corrected chi connectivity index (χ3v) is 4.86. The number of carbonyl (C=O) groups excluding carboxylic acids is 1. The average Bonchev–Trinajstić information content (AvgIpc) is 2.57. The monoisotopic (exact) mass is 360 g/mol. The lowest BCUT2D eigenvalue weighted by Crippen LogP contribution is -2.38. The second-order valence-electron chi connectivity index (χ2n) is 8.40. The summed E-state index contributed by atoms with van der Waals surface area (Å²) >= 11 is 0. The molecule has 1 heterocycles. The van der Waals surface area contributed by atoms with E-state index in [0.717, 1.165) is 31.5 Å². The number of likely N-dealkylation sites (tertiary alicyclic amines) is 1. The van der Waals surface area contributed by atoms with Gasteiger partial charge in [0.1, 0.15) is 0 Å². The van der Waals surface area contributed by atoms with E-state index in [4.69, 9.17) is 4.74 Å². The first-order valence-electron chi connectivity index (χ1n) is 10.1. The number of nitrogens with one attached hydrogen (secondary N) is 1. The largest absolute Gasteiger partial charge is 0.381 e. The third-order valence-electron chi connectivity index (χ3n) is 4.86. The Morgan fingerprint density at radius 1 is 1.19 bits per heavy atom. The lowest BCUT2D eigenvalue weighted by atomic mass is 9.91. The summed E-state index contributed by atoms with van der Waals surface area (Å²) in [6.45, 7) is 14.0. The standard InChI is InChI=1S/C22H36N2O2/c1-17(2)16-26-10-9-22(25)23-12-20-7-5-6-8-21(20)15-24-13-18(3)11-19(4)14-24/h5-8,17-19H,9-16H2,1-4H3,(H,23,25). The van der Waals surface area contributed by atoms with Gasteiger partial charge < -0.3 is 10.1 Å². The smallest absolute Gasteiger partial charge is 0.222 e. The Morgan fingerprint density at radius 2 is 1.85 bits per heavy atom. The highest BCUT2D eigenvalue weighted by molar-refractivity contribution is 5.75. The van der Waals surface area contributed by atoms with E-state index >= 15 is 0 Å². The molecule has 1 aliphatic rings. The van der Waals surface area contributed by atoms with Crippen molar-refractivity contribution < 1.29 is 9.53 Å². The first-order chi connectivity index (χ1) is 12.4. The minimum absolute atomic E-state index is 0.0591. The maximum Gasteiger partial charge on any atom is 0.222 e. The number of nitrogens with zero attached hydrogens (tertiary/aromatic N) is 1. The molecule has 4 nitrogen and oxygen atoms in total. The predicted molar refractivity (Wildman–Crippen MR) is 107 cm³/mol. The Bertz CT molecular complexity index is 549. The molecule has 1 fully saturated rings. The summed E-state index contributed by atoms with van der Waals surface area (Å²) < 4.78 is 5.49. The second kappa shape index (κ2) is 10.7. The van der Waals surface area contributed by atoms with Crippen molar-refractivity contribution in [3.63, 3.8) is 0 Å². The zero-order valence-electron chi connectivity index (χ0n) is 17.0. The van der Waals surface area contributed by atoms with E-state index in [-0.39, 0.29) is 5.91 Å². The van der Waals surface area contributed by atoms with Crippen molar-refractivity contribution >= 4 is 5.91 Å². The summed E-state index contributed by atoms with van der Waals surface area (Å²) in [6, 6.07) is 8.47. The van der Waals surface area contributed by atoms with Crippen molar-refractivity contribution in [3.05, 3.63) is 35.4 Å².